The molecule has 0 saturated carbocycles. The SMILES string of the molecule is CCC(C)(C)O[PH](=O)C1COC(=O)O1. The molecule has 1 heterocycles. The first-order valence-electron chi connectivity index (χ1n) is 4.51. The second-order valence-corrected chi connectivity index (χ2v) is 5.19. The maximum absolute atomic E-state index is 11.6. The van der Waals surface area contributed by atoms with Crippen LogP contribution in [0.4, 0.5) is 4.79 Å². The molecule has 2 unspecified atom stereocenters. The highest BCUT2D eigenvalue weighted by Crippen LogP contribution is 2.39. The van der Waals surface area contributed by atoms with Crippen molar-refractivity contribution in [2.75, 3.05) is 6.61 Å². The first kappa shape index (κ1) is 11.5. The molecular weight excluding hydrogens is 207 g/mol. The maximum Gasteiger partial charge on any atom is 0.509 e. The van der Waals surface area contributed by atoms with Crippen LogP contribution < -0.4 is 0 Å². The number of rotatable bonds is 4. The van der Waals surface area contributed by atoms with E-state index >= 15 is 0 Å². The molecule has 0 aromatic rings. The number of hydrogen-bond acceptors (Lipinski definition) is 5. The number of carbonyl (C=O) groups excluding carboxylic acids is 1. The molecule has 0 aliphatic carbocycles. The Morgan fingerprint density at radius 3 is 2.71 bits per heavy atom. The van der Waals surface area contributed by atoms with Gasteiger partial charge in [0, 0.05) is 0 Å². The summed E-state index contributed by atoms with van der Waals surface area (Å²) in [5.74, 6) is -0.724. The fraction of sp³-hybridized carbons (Fsp3) is 0.875. The van der Waals surface area contributed by atoms with Crippen LogP contribution in [-0.4, -0.2) is 24.2 Å². The lowest BCUT2D eigenvalue weighted by Gasteiger charge is -2.23. The zero-order valence-corrected chi connectivity index (χ0v) is 9.53. The van der Waals surface area contributed by atoms with Crippen molar-refractivity contribution >= 4 is 14.2 Å². The Hall–Kier alpha value is -0.540. The summed E-state index contributed by atoms with van der Waals surface area (Å²) in [4.78, 5) is 10.6. The molecule has 1 aliphatic heterocycles. The van der Waals surface area contributed by atoms with Gasteiger partial charge in [-0.25, -0.2) is 4.79 Å². The molecule has 1 rings (SSSR count). The van der Waals surface area contributed by atoms with Gasteiger partial charge < -0.3 is 14.0 Å². The highest BCUT2D eigenvalue weighted by molar-refractivity contribution is 7.39. The van der Waals surface area contributed by atoms with Crippen molar-refractivity contribution in [2.45, 2.75) is 38.6 Å². The summed E-state index contributed by atoms with van der Waals surface area (Å²) in [6, 6.07) is 0. The van der Waals surface area contributed by atoms with Crippen LogP contribution >= 0.6 is 8.03 Å². The second-order valence-electron chi connectivity index (χ2n) is 3.70. The van der Waals surface area contributed by atoms with E-state index < -0.39 is 25.6 Å². The Kier molecular flexibility index (Phi) is 3.56. The minimum absolute atomic E-state index is 0.0242. The first-order valence-corrected chi connectivity index (χ1v) is 5.90. The van der Waals surface area contributed by atoms with Crippen molar-refractivity contribution in [1.29, 1.82) is 0 Å². The summed E-state index contributed by atoms with van der Waals surface area (Å²) >= 11 is 0. The Labute approximate surface area is 83.6 Å². The van der Waals surface area contributed by atoms with E-state index in [4.69, 9.17) is 4.52 Å². The first-order chi connectivity index (χ1) is 6.44. The van der Waals surface area contributed by atoms with Crippen LogP contribution in [-0.2, 0) is 18.6 Å². The van der Waals surface area contributed by atoms with E-state index in [9.17, 15) is 9.36 Å². The van der Waals surface area contributed by atoms with Crippen LogP contribution in [0, 0.1) is 0 Å². The van der Waals surface area contributed by atoms with Gasteiger partial charge in [0.15, 0.2) is 0 Å². The van der Waals surface area contributed by atoms with Gasteiger partial charge >= 0.3 is 6.16 Å². The van der Waals surface area contributed by atoms with Gasteiger partial charge in [-0.3, -0.25) is 4.57 Å². The smallest absolute Gasteiger partial charge is 0.430 e. The minimum Gasteiger partial charge on any atom is -0.430 e. The Balaban J connectivity index is 2.46. The molecule has 82 valence electrons. The summed E-state index contributed by atoms with van der Waals surface area (Å²) in [5.41, 5.74) is -0.453. The molecule has 0 bridgehead atoms. The van der Waals surface area contributed by atoms with Gasteiger partial charge in [0.05, 0.1) is 5.60 Å². The fourth-order valence-electron chi connectivity index (χ4n) is 0.854. The van der Waals surface area contributed by atoms with E-state index in [0.29, 0.717) is 0 Å². The van der Waals surface area contributed by atoms with Gasteiger partial charge in [-0.15, -0.1) is 0 Å². The predicted octanol–water partition coefficient (Wildman–Crippen LogP) is 2.16. The maximum atomic E-state index is 11.6. The lowest BCUT2D eigenvalue weighted by atomic mass is 10.1. The zero-order valence-electron chi connectivity index (χ0n) is 8.53. The molecular formula is C8H15O5P. The van der Waals surface area contributed by atoms with Crippen LogP contribution in [0.5, 0.6) is 0 Å². The third-order valence-corrected chi connectivity index (χ3v) is 3.65. The standard InChI is InChI=1S/C8H15O5P/c1-4-8(2,3)13-14(10)6-5-11-7(9)12-6/h6,14H,4-5H2,1-3H3. The van der Waals surface area contributed by atoms with Crippen molar-refractivity contribution < 1.29 is 23.4 Å². The van der Waals surface area contributed by atoms with E-state index in [1.807, 2.05) is 20.8 Å². The summed E-state index contributed by atoms with van der Waals surface area (Å²) < 4.78 is 26.1. The Bertz CT molecular complexity index is 250. The van der Waals surface area contributed by atoms with Gasteiger partial charge in [0.1, 0.15) is 6.61 Å². The lowest BCUT2D eigenvalue weighted by Crippen LogP contribution is -2.21. The van der Waals surface area contributed by atoms with Crippen molar-refractivity contribution in [1.82, 2.24) is 0 Å². The number of ether oxygens (including phenoxy) is 2. The van der Waals surface area contributed by atoms with E-state index in [0.717, 1.165) is 6.42 Å². The molecule has 0 N–H and O–H groups in total. The summed E-state index contributed by atoms with van der Waals surface area (Å²) in [5, 5.41) is 0. The molecule has 14 heavy (non-hydrogen) atoms. The predicted molar refractivity (Wildman–Crippen MR) is 50.7 cm³/mol. The second kappa shape index (κ2) is 4.32. The van der Waals surface area contributed by atoms with E-state index in [2.05, 4.69) is 9.47 Å². The van der Waals surface area contributed by atoms with Crippen LogP contribution in [0.15, 0.2) is 0 Å². The third kappa shape index (κ3) is 3.00. The average molecular weight is 222 g/mol. The van der Waals surface area contributed by atoms with Crippen LogP contribution in [0.25, 0.3) is 0 Å². The number of hydrogen-bond donors (Lipinski definition) is 0. The Morgan fingerprint density at radius 1 is 1.64 bits per heavy atom. The lowest BCUT2D eigenvalue weighted by molar-refractivity contribution is 0.0983. The summed E-state index contributed by atoms with van der Waals surface area (Å²) in [6.45, 7) is 5.64. The van der Waals surface area contributed by atoms with Crippen molar-refractivity contribution in [3.05, 3.63) is 0 Å². The largest absolute Gasteiger partial charge is 0.509 e. The Morgan fingerprint density at radius 2 is 2.29 bits per heavy atom. The summed E-state index contributed by atoms with van der Waals surface area (Å²) in [6.07, 6.45) is -0.0310. The van der Waals surface area contributed by atoms with Crippen LogP contribution in [0.1, 0.15) is 27.2 Å². The molecule has 2 atom stereocenters. The van der Waals surface area contributed by atoms with Gasteiger partial charge in [-0.1, -0.05) is 6.92 Å². The third-order valence-electron chi connectivity index (χ3n) is 2.08. The minimum atomic E-state index is -2.39. The van der Waals surface area contributed by atoms with Crippen molar-refractivity contribution in [3.63, 3.8) is 0 Å². The van der Waals surface area contributed by atoms with Crippen molar-refractivity contribution in [3.8, 4) is 0 Å². The van der Waals surface area contributed by atoms with Crippen molar-refractivity contribution in [2.24, 2.45) is 0 Å². The molecule has 1 saturated heterocycles. The molecule has 0 radical (unpaired) electrons. The molecule has 0 aromatic heterocycles. The fourth-order valence-corrected chi connectivity index (χ4v) is 2.09. The number of cyclic esters (lactones) is 2. The highest BCUT2D eigenvalue weighted by Gasteiger charge is 2.33. The molecule has 1 fully saturated rings. The average Bonchev–Trinajstić information content (AvgIpc) is 2.51. The monoisotopic (exact) mass is 222 g/mol. The van der Waals surface area contributed by atoms with Gasteiger partial charge in [-0.2, -0.15) is 0 Å². The van der Waals surface area contributed by atoms with Gasteiger partial charge in [0.2, 0.25) is 13.9 Å². The topological polar surface area (TPSA) is 61.8 Å². The molecule has 0 spiro atoms. The van der Waals surface area contributed by atoms with Gasteiger partial charge in [0.25, 0.3) is 0 Å². The summed E-state index contributed by atoms with van der Waals surface area (Å²) in [7, 11) is -2.39. The normalized spacial score (nSPS) is 24.2. The molecule has 6 heteroatoms. The zero-order chi connectivity index (χ0) is 10.8. The molecule has 0 aromatic carbocycles. The molecule has 1 aliphatic rings. The highest BCUT2D eigenvalue weighted by atomic mass is 31.1. The van der Waals surface area contributed by atoms with Crippen LogP contribution in [0.2, 0.25) is 0 Å². The van der Waals surface area contributed by atoms with Crippen LogP contribution in [0.3, 0.4) is 0 Å². The number of carbonyl (C=O) groups is 1. The van der Waals surface area contributed by atoms with E-state index in [1.165, 1.54) is 0 Å². The quantitative estimate of drug-likeness (QED) is 0.538. The molecule has 5 nitrogen and oxygen atoms in total. The van der Waals surface area contributed by atoms with E-state index in [-0.39, 0.29) is 6.61 Å². The van der Waals surface area contributed by atoms with Gasteiger partial charge in [-0.05, 0) is 20.3 Å². The van der Waals surface area contributed by atoms with E-state index in [1.54, 1.807) is 0 Å². The molecule has 0 amide bonds.